The van der Waals surface area contributed by atoms with E-state index >= 15 is 0 Å². The second-order valence-corrected chi connectivity index (χ2v) is 8.74. The van der Waals surface area contributed by atoms with E-state index in [9.17, 15) is 14.7 Å². The minimum Gasteiger partial charge on any atom is -0.507 e. The number of benzene rings is 1. The third-order valence-electron chi connectivity index (χ3n) is 5.99. The molecule has 32 heavy (non-hydrogen) atoms. The molecule has 6 heteroatoms. The third kappa shape index (κ3) is 8.21. The van der Waals surface area contributed by atoms with Crippen molar-refractivity contribution in [1.82, 2.24) is 0 Å². The second kappa shape index (κ2) is 13.8. The number of rotatable bonds is 16. The van der Waals surface area contributed by atoms with Gasteiger partial charge in [0.05, 0.1) is 23.6 Å². The maximum absolute atomic E-state index is 12.0. The molecule has 0 fully saturated rings. The summed E-state index contributed by atoms with van der Waals surface area (Å²) in [5.74, 6) is -0.156. The molecule has 1 amide bonds. The van der Waals surface area contributed by atoms with Crippen LogP contribution in [0.2, 0.25) is 0 Å². The predicted molar refractivity (Wildman–Crippen MR) is 128 cm³/mol. The van der Waals surface area contributed by atoms with Crippen molar-refractivity contribution in [2.75, 3.05) is 6.61 Å². The molecule has 0 spiro atoms. The van der Waals surface area contributed by atoms with E-state index in [0.717, 1.165) is 18.9 Å². The number of ether oxygens (including phenoxy) is 1. The van der Waals surface area contributed by atoms with E-state index in [-0.39, 0.29) is 16.9 Å². The molecular weight excluding hydrogens is 406 g/mol. The normalized spacial score (nSPS) is 12.2. The Bertz CT molecular complexity index is 905. The minimum atomic E-state index is -0.690. The summed E-state index contributed by atoms with van der Waals surface area (Å²) in [6, 6.07) is 3.91. The molecule has 0 radical (unpaired) electrons. The van der Waals surface area contributed by atoms with Crippen molar-refractivity contribution in [3.8, 4) is 11.5 Å². The average molecular weight is 446 g/mol. The lowest BCUT2D eigenvalue weighted by molar-refractivity contribution is 0.0995. The summed E-state index contributed by atoms with van der Waals surface area (Å²) in [6.45, 7) is 4.92. The molecule has 0 saturated carbocycles. The van der Waals surface area contributed by atoms with E-state index in [1.807, 2.05) is 0 Å². The van der Waals surface area contributed by atoms with Crippen LogP contribution in [-0.4, -0.2) is 17.6 Å². The van der Waals surface area contributed by atoms with Crippen molar-refractivity contribution < 1.29 is 19.1 Å². The minimum absolute atomic E-state index is 0.111. The van der Waals surface area contributed by atoms with Crippen molar-refractivity contribution in [1.29, 1.82) is 0 Å². The first-order valence-electron chi connectivity index (χ1n) is 12.2. The third-order valence-corrected chi connectivity index (χ3v) is 5.99. The number of nitrogens with two attached hydrogens (primary N) is 1. The van der Waals surface area contributed by atoms with Gasteiger partial charge in [-0.2, -0.15) is 0 Å². The van der Waals surface area contributed by atoms with E-state index in [1.165, 1.54) is 76.3 Å². The van der Waals surface area contributed by atoms with Crippen LogP contribution in [0.15, 0.2) is 27.4 Å². The molecule has 1 unspecified atom stereocenters. The highest BCUT2D eigenvalue weighted by Crippen LogP contribution is 2.31. The predicted octanol–water partition coefficient (Wildman–Crippen LogP) is 6.31. The Balaban J connectivity index is 2.08. The number of primary amides is 1. The summed E-state index contributed by atoms with van der Waals surface area (Å²) < 4.78 is 11.2. The van der Waals surface area contributed by atoms with Crippen LogP contribution in [0.25, 0.3) is 11.0 Å². The number of aromatic hydroxyl groups is 1. The zero-order valence-electron chi connectivity index (χ0n) is 19.7. The lowest BCUT2D eigenvalue weighted by atomic mass is 9.95. The van der Waals surface area contributed by atoms with Crippen LogP contribution >= 0.6 is 0 Å². The molecule has 1 atom stereocenters. The largest absolute Gasteiger partial charge is 0.507 e. The van der Waals surface area contributed by atoms with Crippen molar-refractivity contribution in [2.24, 2.45) is 11.7 Å². The SMILES string of the molecule is CCCCCCCCC(CCCCCC)COc1cc2c(O)cc(=O)oc2cc1C(N)=O. The summed E-state index contributed by atoms with van der Waals surface area (Å²) >= 11 is 0. The van der Waals surface area contributed by atoms with Gasteiger partial charge in [-0.3, -0.25) is 4.79 Å². The van der Waals surface area contributed by atoms with Gasteiger partial charge in [-0.05, 0) is 30.9 Å². The highest BCUT2D eigenvalue weighted by molar-refractivity contribution is 6.00. The fourth-order valence-corrected chi connectivity index (χ4v) is 4.08. The molecule has 1 aromatic carbocycles. The summed E-state index contributed by atoms with van der Waals surface area (Å²) in [4.78, 5) is 23.5. The number of unbranched alkanes of at least 4 members (excludes halogenated alkanes) is 8. The first kappa shape index (κ1) is 25.8. The Kier molecular flexibility index (Phi) is 11.1. The Hall–Kier alpha value is -2.50. The van der Waals surface area contributed by atoms with Gasteiger partial charge in [-0.15, -0.1) is 0 Å². The van der Waals surface area contributed by atoms with Crippen LogP contribution < -0.4 is 16.1 Å². The quantitative estimate of drug-likeness (QED) is 0.233. The number of amides is 1. The summed E-state index contributed by atoms with van der Waals surface area (Å²) in [7, 11) is 0. The number of carbonyl (C=O) groups excluding carboxylic acids is 1. The van der Waals surface area contributed by atoms with Gasteiger partial charge in [0.2, 0.25) is 0 Å². The highest BCUT2D eigenvalue weighted by Gasteiger charge is 2.17. The van der Waals surface area contributed by atoms with Gasteiger partial charge in [0.1, 0.15) is 17.1 Å². The summed E-state index contributed by atoms with van der Waals surface area (Å²) in [5.41, 5.74) is 5.11. The maximum atomic E-state index is 12.0. The molecule has 1 heterocycles. The molecule has 0 aliphatic carbocycles. The molecule has 178 valence electrons. The second-order valence-electron chi connectivity index (χ2n) is 8.74. The van der Waals surface area contributed by atoms with Gasteiger partial charge in [-0.1, -0.05) is 78.1 Å². The van der Waals surface area contributed by atoms with Crippen molar-refractivity contribution in [2.45, 2.75) is 90.9 Å². The van der Waals surface area contributed by atoms with Crippen LogP contribution in [0.5, 0.6) is 11.5 Å². The van der Waals surface area contributed by atoms with Gasteiger partial charge in [0, 0.05) is 0 Å². The lowest BCUT2D eigenvalue weighted by Crippen LogP contribution is -2.17. The van der Waals surface area contributed by atoms with E-state index in [4.69, 9.17) is 14.9 Å². The zero-order valence-corrected chi connectivity index (χ0v) is 19.7. The van der Waals surface area contributed by atoms with Gasteiger partial charge >= 0.3 is 5.63 Å². The number of carbonyl (C=O) groups is 1. The van der Waals surface area contributed by atoms with Crippen LogP contribution in [0.1, 0.15) is 101 Å². The van der Waals surface area contributed by atoms with Crippen LogP contribution in [0, 0.1) is 5.92 Å². The Morgan fingerprint density at radius 1 is 0.969 bits per heavy atom. The Morgan fingerprint density at radius 2 is 1.56 bits per heavy atom. The molecule has 6 nitrogen and oxygen atoms in total. The number of fused-ring (bicyclic) bond motifs is 1. The van der Waals surface area contributed by atoms with E-state index < -0.39 is 11.5 Å². The monoisotopic (exact) mass is 445 g/mol. The molecule has 2 aromatic rings. The summed E-state index contributed by atoms with van der Waals surface area (Å²) in [5, 5.41) is 10.4. The first-order chi connectivity index (χ1) is 15.5. The maximum Gasteiger partial charge on any atom is 0.339 e. The van der Waals surface area contributed by atoms with Gasteiger partial charge in [-0.25, -0.2) is 4.79 Å². The van der Waals surface area contributed by atoms with Crippen LogP contribution in [-0.2, 0) is 0 Å². The van der Waals surface area contributed by atoms with Crippen molar-refractivity contribution >= 4 is 16.9 Å². The van der Waals surface area contributed by atoms with E-state index in [2.05, 4.69) is 13.8 Å². The molecule has 0 aliphatic rings. The average Bonchev–Trinajstić information content (AvgIpc) is 2.76. The topological polar surface area (TPSA) is 103 Å². The Labute approximate surface area is 191 Å². The molecule has 0 aliphatic heterocycles. The van der Waals surface area contributed by atoms with Crippen molar-refractivity contribution in [3.63, 3.8) is 0 Å². The molecule has 2 rings (SSSR count). The van der Waals surface area contributed by atoms with Gasteiger partial charge < -0.3 is 20.0 Å². The number of hydrogen-bond donors (Lipinski definition) is 2. The fourth-order valence-electron chi connectivity index (χ4n) is 4.08. The van der Waals surface area contributed by atoms with Crippen LogP contribution in [0.4, 0.5) is 0 Å². The van der Waals surface area contributed by atoms with Gasteiger partial charge in [0.15, 0.2) is 0 Å². The Morgan fingerprint density at radius 3 is 2.19 bits per heavy atom. The first-order valence-corrected chi connectivity index (χ1v) is 12.2. The molecule has 3 N–H and O–H groups in total. The molecule has 0 bridgehead atoms. The van der Waals surface area contributed by atoms with Crippen LogP contribution in [0.3, 0.4) is 0 Å². The van der Waals surface area contributed by atoms with Gasteiger partial charge in [0.25, 0.3) is 5.91 Å². The molecular formula is C26H39NO5. The highest BCUT2D eigenvalue weighted by atomic mass is 16.5. The zero-order chi connectivity index (χ0) is 23.3. The fraction of sp³-hybridized carbons (Fsp3) is 0.615. The standard InChI is InChI=1S/C26H39NO5/c1-3-5-7-9-10-12-14-19(13-11-8-6-4-2)18-31-23-15-20-22(28)17-25(29)32-24(20)16-21(23)26(27)30/h15-17,19,28H,3-14,18H2,1-2H3,(H2,27,30). The molecule has 0 saturated heterocycles. The summed E-state index contributed by atoms with van der Waals surface area (Å²) in [6.07, 6.45) is 14.6. The number of hydrogen-bond acceptors (Lipinski definition) is 5. The lowest BCUT2D eigenvalue weighted by Gasteiger charge is -2.19. The smallest absolute Gasteiger partial charge is 0.339 e. The van der Waals surface area contributed by atoms with E-state index in [1.54, 1.807) is 0 Å². The molecule has 1 aromatic heterocycles. The van der Waals surface area contributed by atoms with E-state index in [0.29, 0.717) is 23.7 Å². The van der Waals surface area contributed by atoms with Crippen molar-refractivity contribution in [3.05, 3.63) is 34.2 Å².